The molecule has 11 heteroatoms. The van der Waals surface area contributed by atoms with E-state index < -0.39 is 51.3 Å². The van der Waals surface area contributed by atoms with Gasteiger partial charge in [-0.2, -0.15) is 5.26 Å². The van der Waals surface area contributed by atoms with E-state index in [1.807, 2.05) is 6.07 Å². The minimum atomic E-state index is -3.83. The Morgan fingerprint density at radius 1 is 0.977 bits per heavy atom. The number of fused-ring (bicyclic) bond motifs is 1. The highest BCUT2D eigenvalue weighted by atomic mass is 35.5. The number of rotatable bonds is 10. The van der Waals surface area contributed by atoms with Crippen LogP contribution >= 0.6 is 11.6 Å². The maximum Gasteiger partial charge on any atom is 0.321 e. The largest absolute Gasteiger partial charge is 0.480 e. The predicted molar refractivity (Wildman–Crippen MR) is 163 cm³/mol. The first kappa shape index (κ1) is 30.8. The molecule has 0 amide bonds. The molecule has 0 saturated carbocycles. The van der Waals surface area contributed by atoms with E-state index in [1.165, 1.54) is 12.1 Å². The molecule has 0 aliphatic rings. The Morgan fingerprint density at radius 3 is 2.34 bits per heavy atom. The fraction of sp³-hybridized carbons (Fsp3) is 0.121. The molecule has 0 aliphatic carbocycles. The van der Waals surface area contributed by atoms with Crippen LogP contribution in [0.4, 0.5) is 8.78 Å². The second-order valence-electron chi connectivity index (χ2n) is 10.1. The first-order valence-electron chi connectivity index (χ1n) is 13.3. The molecule has 0 unspecified atom stereocenters. The summed E-state index contributed by atoms with van der Waals surface area (Å²) in [5.74, 6) is -3.80. The van der Waals surface area contributed by atoms with E-state index in [1.54, 1.807) is 66.9 Å². The zero-order valence-corrected chi connectivity index (χ0v) is 24.5. The molecule has 4 aromatic carbocycles. The molecule has 7 nitrogen and oxygen atoms in total. The molecule has 0 fully saturated rings. The molecule has 2 N–H and O–H groups in total. The van der Waals surface area contributed by atoms with Gasteiger partial charge in [-0.1, -0.05) is 54.1 Å². The third-order valence-electron chi connectivity index (χ3n) is 7.16. The molecular weight excluding hydrogens is 608 g/mol. The van der Waals surface area contributed by atoms with Gasteiger partial charge < -0.3 is 5.11 Å². The summed E-state index contributed by atoms with van der Waals surface area (Å²) >= 11 is 6.45. The van der Waals surface area contributed by atoms with E-state index >= 15 is 8.78 Å². The fourth-order valence-electron chi connectivity index (χ4n) is 4.96. The molecule has 5 rings (SSSR count). The van der Waals surface area contributed by atoms with E-state index in [0.29, 0.717) is 38.2 Å². The predicted octanol–water partition coefficient (Wildman–Crippen LogP) is 6.46. The average molecular weight is 632 g/mol. The van der Waals surface area contributed by atoms with Gasteiger partial charge in [-0.05, 0) is 60.0 Å². The Bertz CT molecular complexity index is 2010. The van der Waals surface area contributed by atoms with Crippen molar-refractivity contribution >= 4 is 38.3 Å². The molecular formula is C33H24ClF2N3O4S. The van der Waals surface area contributed by atoms with Crippen LogP contribution in [0.5, 0.6) is 0 Å². The highest BCUT2D eigenvalue weighted by Gasteiger charge is 2.23. The third kappa shape index (κ3) is 6.60. The lowest BCUT2D eigenvalue weighted by Crippen LogP contribution is -2.38. The lowest BCUT2D eigenvalue weighted by atomic mass is 9.94. The number of nitriles is 1. The normalized spacial score (nSPS) is 12.1. The number of halogens is 3. The number of nitrogens with one attached hydrogen (secondary N) is 1. The number of carboxylic acid groups (broad SMARTS) is 1. The number of nitrogens with zero attached hydrogens (tertiary/aromatic N) is 2. The van der Waals surface area contributed by atoms with E-state index in [2.05, 4.69) is 10.3 Å². The van der Waals surface area contributed by atoms with Crippen molar-refractivity contribution in [3.63, 3.8) is 0 Å². The molecule has 1 aromatic heterocycles. The van der Waals surface area contributed by atoms with Crippen LogP contribution in [0.15, 0.2) is 96.0 Å². The van der Waals surface area contributed by atoms with Gasteiger partial charge in [0.05, 0.1) is 27.8 Å². The second kappa shape index (κ2) is 12.9. The quantitative estimate of drug-likeness (QED) is 0.181. The first-order chi connectivity index (χ1) is 21.1. The van der Waals surface area contributed by atoms with Crippen LogP contribution in [0.2, 0.25) is 5.02 Å². The SMILES string of the molecule is N#Cc1ccc(-c2ccc(C[C@H](NCc3c(F)cc(CS(=O)(=O)c4ccccc4)cc3F)C(=O)O)c3cccnc23)c(Cl)c1. The number of benzene rings is 4. The number of carboxylic acids is 1. The molecule has 0 bridgehead atoms. The van der Waals surface area contributed by atoms with Gasteiger partial charge in [0, 0.05) is 39.8 Å². The molecule has 0 spiro atoms. The van der Waals surface area contributed by atoms with Crippen molar-refractivity contribution in [2.24, 2.45) is 0 Å². The maximum absolute atomic E-state index is 15.0. The average Bonchev–Trinajstić information content (AvgIpc) is 3.00. The Labute approximate surface area is 257 Å². The Balaban J connectivity index is 1.37. The van der Waals surface area contributed by atoms with Crippen LogP contribution in [-0.2, 0) is 33.4 Å². The van der Waals surface area contributed by atoms with Gasteiger partial charge in [0.25, 0.3) is 0 Å². The fourth-order valence-corrected chi connectivity index (χ4v) is 6.59. The van der Waals surface area contributed by atoms with Crippen LogP contribution in [-0.4, -0.2) is 30.5 Å². The molecule has 5 aromatic rings. The lowest BCUT2D eigenvalue weighted by molar-refractivity contribution is -0.139. The maximum atomic E-state index is 15.0. The topological polar surface area (TPSA) is 120 Å². The summed E-state index contributed by atoms with van der Waals surface area (Å²) in [6.45, 7) is -0.449. The smallest absolute Gasteiger partial charge is 0.321 e. The summed E-state index contributed by atoms with van der Waals surface area (Å²) in [5.41, 5.74) is 2.47. The number of hydrogen-bond donors (Lipinski definition) is 2. The van der Waals surface area contributed by atoms with E-state index in [4.69, 9.17) is 16.9 Å². The van der Waals surface area contributed by atoms with Gasteiger partial charge in [0.2, 0.25) is 0 Å². The van der Waals surface area contributed by atoms with Crippen molar-refractivity contribution in [2.45, 2.75) is 29.7 Å². The van der Waals surface area contributed by atoms with Crippen molar-refractivity contribution in [3.8, 4) is 17.2 Å². The molecule has 0 radical (unpaired) electrons. The lowest BCUT2D eigenvalue weighted by Gasteiger charge is -2.18. The summed E-state index contributed by atoms with van der Waals surface area (Å²) in [6.07, 6.45) is 1.57. The van der Waals surface area contributed by atoms with Gasteiger partial charge in [-0.3, -0.25) is 15.1 Å². The molecule has 0 aliphatic heterocycles. The molecule has 1 atom stereocenters. The van der Waals surface area contributed by atoms with E-state index in [0.717, 1.165) is 12.1 Å². The zero-order valence-electron chi connectivity index (χ0n) is 23.0. The molecule has 0 saturated heterocycles. The Hall–Kier alpha value is -4.69. The van der Waals surface area contributed by atoms with Crippen molar-refractivity contribution in [1.29, 1.82) is 5.26 Å². The second-order valence-corrected chi connectivity index (χ2v) is 12.5. The van der Waals surface area contributed by atoms with Crippen LogP contribution in [0.25, 0.3) is 22.0 Å². The number of hydrogen-bond acceptors (Lipinski definition) is 6. The monoisotopic (exact) mass is 631 g/mol. The van der Waals surface area contributed by atoms with Gasteiger partial charge >= 0.3 is 5.97 Å². The summed E-state index contributed by atoms with van der Waals surface area (Å²) in [7, 11) is -3.83. The van der Waals surface area contributed by atoms with Crippen LogP contribution in [0, 0.1) is 23.0 Å². The van der Waals surface area contributed by atoms with Crippen LogP contribution < -0.4 is 5.32 Å². The summed E-state index contributed by atoms with van der Waals surface area (Å²) in [4.78, 5) is 16.7. The highest BCUT2D eigenvalue weighted by Crippen LogP contribution is 2.35. The van der Waals surface area contributed by atoms with Gasteiger partial charge in [0.1, 0.15) is 17.7 Å². The molecule has 44 heavy (non-hydrogen) atoms. The molecule has 222 valence electrons. The summed E-state index contributed by atoms with van der Waals surface area (Å²) < 4.78 is 55.3. The first-order valence-corrected chi connectivity index (χ1v) is 15.4. The highest BCUT2D eigenvalue weighted by molar-refractivity contribution is 7.90. The zero-order chi connectivity index (χ0) is 31.4. The summed E-state index contributed by atoms with van der Waals surface area (Å²) in [6, 6.07) is 22.2. The number of sulfone groups is 1. The van der Waals surface area contributed by atoms with Crippen molar-refractivity contribution in [1.82, 2.24) is 10.3 Å². The number of aliphatic carboxylic acids is 1. The van der Waals surface area contributed by atoms with Gasteiger partial charge in [0.15, 0.2) is 9.84 Å². The number of aromatic nitrogens is 1. The Kier molecular flexibility index (Phi) is 9.01. The van der Waals surface area contributed by atoms with Crippen molar-refractivity contribution < 1.29 is 27.1 Å². The molecule has 1 heterocycles. The number of pyridine rings is 1. The van der Waals surface area contributed by atoms with Crippen molar-refractivity contribution in [3.05, 3.63) is 130 Å². The van der Waals surface area contributed by atoms with Gasteiger partial charge in [-0.25, -0.2) is 17.2 Å². The minimum absolute atomic E-state index is 0.0322. The van der Waals surface area contributed by atoms with Crippen LogP contribution in [0.1, 0.15) is 22.3 Å². The van der Waals surface area contributed by atoms with E-state index in [-0.39, 0.29) is 16.9 Å². The van der Waals surface area contributed by atoms with E-state index in [9.17, 15) is 18.3 Å². The minimum Gasteiger partial charge on any atom is -0.480 e. The summed E-state index contributed by atoms with van der Waals surface area (Å²) in [5, 5.41) is 22.9. The standard InChI is InChI=1S/C33H24ClF2N3O4S/c34-28-13-20(17-37)8-10-25(28)26-11-9-22(24-7-4-12-38-32(24)26)16-31(33(40)41)39-18-27-29(35)14-21(15-30(27)36)19-44(42,43)23-5-2-1-3-6-23/h1-15,31,39H,16,18-19H2,(H,40,41)/t31-/m0/s1. The van der Waals surface area contributed by atoms with Crippen molar-refractivity contribution in [2.75, 3.05) is 0 Å². The Morgan fingerprint density at radius 2 is 1.68 bits per heavy atom. The van der Waals surface area contributed by atoms with Crippen LogP contribution in [0.3, 0.4) is 0 Å². The van der Waals surface area contributed by atoms with Gasteiger partial charge in [-0.15, -0.1) is 0 Å². The number of carbonyl (C=O) groups is 1. The third-order valence-corrected chi connectivity index (χ3v) is 9.17.